The van der Waals surface area contributed by atoms with Crippen LogP contribution in [0.3, 0.4) is 0 Å². The number of furan rings is 1. The molecule has 34 heavy (non-hydrogen) atoms. The number of ether oxygens (including phenoxy) is 1. The smallest absolute Gasteiger partial charge is 0.330 e. The van der Waals surface area contributed by atoms with Crippen LogP contribution in [0.15, 0.2) is 89.7 Å². The third kappa shape index (κ3) is 5.00. The molecule has 172 valence electrons. The Morgan fingerprint density at radius 2 is 1.62 bits per heavy atom. The Bertz CT molecular complexity index is 1360. The fourth-order valence-electron chi connectivity index (χ4n) is 3.77. The zero-order valence-electron chi connectivity index (χ0n) is 18.1. The summed E-state index contributed by atoms with van der Waals surface area (Å²) in [5.41, 5.74) is 4.88. The minimum absolute atomic E-state index is 0.339. The summed E-state index contributed by atoms with van der Waals surface area (Å²) < 4.78 is 18.1. The summed E-state index contributed by atoms with van der Waals surface area (Å²) in [7, 11) is -2.54. The maximum absolute atomic E-state index is 9.14. The molecule has 0 atom stereocenters. The van der Waals surface area contributed by atoms with Crippen molar-refractivity contribution in [2.75, 3.05) is 6.79 Å². The quantitative estimate of drug-likeness (QED) is 0.235. The van der Waals surface area contributed by atoms with Crippen molar-refractivity contribution < 1.29 is 23.5 Å². The van der Waals surface area contributed by atoms with Gasteiger partial charge >= 0.3 is 8.60 Å². The van der Waals surface area contributed by atoms with E-state index in [1.165, 1.54) is 0 Å². The topological polar surface area (TPSA) is 102 Å². The summed E-state index contributed by atoms with van der Waals surface area (Å²) in [5, 5.41) is 0. The molecule has 5 aromatic rings. The van der Waals surface area contributed by atoms with Crippen LogP contribution in [0.2, 0.25) is 0 Å². The molecule has 5 rings (SSSR count). The summed E-state index contributed by atoms with van der Waals surface area (Å²) in [5.74, 6) is 1.15. The van der Waals surface area contributed by atoms with Gasteiger partial charge in [-0.15, -0.1) is 0 Å². The molecule has 3 heterocycles. The molecule has 0 aliphatic heterocycles. The number of hydrogen-bond donors (Lipinski definition) is 2. The number of benzene rings is 2. The van der Waals surface area contributed by atoms with E-state index in [0.29, 0.717) is 30.1 Å². The molecule has 0 saturated heterocycles. The number of nitrogens with zero attached hydrogens (tertiary/aromatic N) is 3. The second-order valence-corrected chi connectivity index (χ2v) is 8.32. The minimum Gasteiger partial charge on any atom is -0.469 e. The van der Waals surface area contributed by atoms with E-state index in [4.69, 9.17) is 33.4 Å². The van der Waals surface area contributed by atoms with Crippen LogP contribution in [0.4, 0.5) is 0 Å². The summed E-state index contributed by atoms with van der Waals surface area (Å²) in [6.07, 6.45) is 4.45. The van der Waals surface area contributed by atoms with Crippen molar-refractivity contribution in [3.63, 3.8) is 0 Å². The molecule has 0 aliphatic carbocycles. The molecule has 8 nitrogen and oxygen atoms in total. The molecule has 0 fully saturated rings. The van der Waals surface area contributed by atoms with Crippen molar-refractivity contribution in [1.29, 1.82) is 0 Å². The first-order chi connectivity index (χ1) is 16.7. The summed E-state index contributed by atoms with van der Waals surface area (Å²) in [6.45, 7) is -0.339. The van der Waals surface area contributed by atoms with Crippen LogP contribution in [-0.4, -0.2) is 30.9 Å². The van der Waals surface area contributed by atoms with Crippen LogP contribution in [0, 0.1) is 0 Å². The van der Waals surface area contributed by atoms with E-state index in [0.717, 1.165) is 28.3 Å². The fourth-order valence-corrected chi connectivity index (χ4v) is 3.91. The molecule has 0 amide bonds. The lowest BCUT2D eigenvalue weighted by molar-refractivity contribution is 0.0986. The number of fused-ring (bicyclic) bond motifs is 1. The fraction of sp³-hybridized carbons (Fsp3) is 0.120. The number of rotatable bonds is 9. The van der Waals surface area contributed by atoms with Gasteiger partial charge in [-0.25, -0.2) is 9.97 Å². The monoisotopic (exact) mass is 475 g/mol. The summed E-state index contributed by atoms with van der Waals surface area (Å²) >= 11 is 0. The lowest BCUT2D eigenvalue weighted by Crippen LogP contribution is -2.05. The molecule has 2 N–H and O–H groups in total. The van der Waals surface area contributed by atoms with Crippen molar-refractivity contribution in [3.05, 3.63) is 108 Å². The highest BCUT2D eigenvalue weighted by atomic mass is 31.2. The predicted octanol–water partition coefficient (Wildman–Crippen LogP) is 4.74. The molecule has 2 aromatic carbocycles. The lowest BCUT2D eigenvalue weighted by atomic mass is 10.1. The third-order valence-electron chi connectivity index (χ3n) is 5.27. The van der Waals surface area contributed by atoms with Crippen LogP contribution >= 0.6 is 8.60 Å². The van der Waals surface area contributed by atoms with E-state index in [-0.39, 0.29) is 6.79 Å². The Morgan fingerprint density at radius 1 is 0.853 bits per heavy atom. The van der Waals surface area contributed by atoms with Gasteiger partial charge in [-0.1, -0.05) is 60.7 Å². The molecule has 0 radical (unpaired) electrons. The van der Waals surface area contributed by atoms with Gasteiger partial charge in [-0.3, -0.25) is 8.92 Å². The second kappa shape index (κ2) is 10.2. The number of imidazole rings is 1. The summed E-state index contributed by atoms with van der Waals surface area (Å²) in [4.78, 5) is 28.1. The summed E-state index contributed by atoms with van der Waals surface area (Å²) in [6, 6.07) is 23.6. The standard InChI is InChI=1S/C25H22N3O5P/c29-34(30)33-17-32-25-22(15-20-12-7-13-31-20)27-24-21(14-18-8-3-1-4-9-18)26-23(16-28(24)25)19-10-5-2-6-11-19/h1-13,16,29-30H,14-15,17H2. The lowest BCUT2D eigenvalue weighted by Gasteiger charge is -2.11. The van der Waals surface area contributed by atoms with E-state index in [9.17, 15) is 0 Å². The number of aromatic nitrogens is 3. The van der Waals surface area contributed by atoms with E-state index >= 15 is 0 Å². The van der Waals surface area contributed by atoms with Gasteiger partial charge < -0.3 is 18.9 Å². The maximum Gasteiger partial charge on any atom is 0.330 e. The molecule has 0 bridgehead atoms. The molecule has 0 spiro atoms. The van der Waals surface area contributed by atoms with Crippen molar-refractivity contribution in [1.82, 2.24) is 14.4 Å². The Kier molecular flexibility index (Phi) is 6.65. The van der Waals surface area contributed by atoms with Crippen LogP contribution < -0.4 is 4.74 Å². The van der Waals surface area contributed by atoms with Crippen molar-refractivity contribution >= 4 is 14.2 Å². The normalized spacial score (nSPS) is 11.4. The maximum atomic E-state index is 9.14. The highest BCUT2D eigenvalue weighted by Crippen LogP contribution is 2.30. The van der Waals surface area contributed by atoms with Crippen LogP contribution in [-0.2, 0) is 17.4 Å². The van der Waals surface area contributed by atoms with Crippen molar-refractivity contribution in [3.8, 4) is 17.1 Å². The second-order valence-electron chi connectivity index (χ2n) is 7.56. The van der Waals surface area contributed by atoms with E-state index < -0.39 is 8.60 Å². The third-order valence-corrected chi connectivity index (χ3v) is 5.61. The largest absolute Gasteiger partial charge is 0.469 e. The SMILES string of the molecule is OP(O)OCOc1c(Cc2ccco2)nc2c(Cc3ccccc3)nc(-c3ccccc3)cn12. The molecule has 0 saturated carbocycles. The predicted molar refractivity (Wildman–Crippen MR) is 127 cm³/mol. The van der Waals surface area contributed by atoms with Gasteiger partial charge in [-0.2, -0.15) is 0 Å². The van der Waals surface area contributed by atoms with E-state index in [1.807, 2.05) is 71.3 Å². The molecular formula is C25H22N3O5P. The molecule has 0 unspecified atom stereocenters. The Hall–Kier alpha value is -3.55. The van der Waals surface area contributed by atoms with Gasteiger partial charge in [0, 0.05) is 18.2 Å². The van der Waals surface area contributed by atoms with Gasteiger partial charge in [0.25, 0.3) is 0 Å². The average molecular weight is 475 g/mol. The molecule has 9 heteroatoms. The first-order valence-corrected chi connectivity index (χ1v) is 11.8. The van der Waals surface area contributed by atoms with Gasteiger partial charge in [0.1, 0.15) is 11.5 Å². The molecular weight excluding hydrogens is 453 g/mol. The van der Waals surface area contributed by atoms with Gasteiger partial charge in [0.2, 0.25) is 5.88 Å². The first kappa shape index (κ1) is 22.3. The average Bonchev–Trinajstić information content (AvgIpc) is 3.49. The van der Waals surface area contributed by atoms with Gasteiger partial charge in [0.15, 0.2) is 12.4 Å². The van der Waals surface area contributed by atoms with E-state index in [2.05, 4.69) is 12.1 Å². The molecule has 3 aromatic heterocycles. The van der Waals surface area contributed by atoms with Crippen LogP contribution in [0.5, 0.6) is 5.88 Å². The van der Waals surface area contributed by atoms with Gasteiger partial charge in [0.05, 0.1) is 24.1 Å². The van der Waals surface area contributed by atoms with Crippen LogP contribution in [0.25, 0.3) is 16.9 Å². The minimum atomic E-state index is -2.54. The van der Waals surface area contributed by atoms with Crippen LogP contribution in [0.1, 0.15) is 22.7 Å². The van der Waals surface area contributed by atoms with Gasteiger partial charge in [-0.05, 0) is 17.7 Å². The van der Waals surface area contributed by atoms with E-state index in [1.54, 1.807) is 6.26 Å². The Balaban J connectivity index is 1.65. The highest BCUT2D eigenvalue weighted by Gasteiger charge is 2.21. The zero-order chi connectivity index (χ0) is 23.3. The highest BCUT2D eigenvalue weighted by molar-refractivity contribution is 7.39. The number of hydrogen-bond acceptors (Lipinski definition) is 7. The van der Waals surface area contributed by atoms with Crippen molar-refractivity contribution in [2.45, 2.75) is 12.8 Å². The zero-order valence-corrected chi connectivity index (χ0v) is 19.0. The first-order valence-electron chi connectivity index (χ1n) is 10.6. The Labute approximate surface area is 197 Å². The Morgan fingerprint density at radius 3 is 2.32 bits per heavy atom. The van der Waals surface area contributed by atoms with Crippen molar-refractivity contribution in [2.24, 2.45) is 0 Å². The molecule has 0 aliphatic rings.